The fraction of sp³-hybridized carbons (Fsp3) is 0.455. The molecule has 1 N–H and O–H groups in total. The van der Waals surface area contributed by atoms with Gasteiger partial charge in [-0.05, 0) is 48.8 Å². The lowest BCUT2D eigenvalue weighted by Gasteiger charge is -2.22. The fourth-order valence-electron chi connectivity index (χ4n) is 1.10. The molecule has 16 heavy (non-hydrogen) atoms. The first kappa shape index (κ1) is 13.5. The fourth-order valence-corrected chi connectivity index (χ4v) is 1.52. The summed E-state index contributed by atoms with van der Waals surface area (Å²) in [5.74, 6) is -0.232. The molecule has 1 aromatic rings. The third-order valence-electron chi connectivity index (χ3n) is 1.74. The number of hydrogen-bond acceptors (Lipinski definition) is 2. The first-order chi connectivity index (χ1) is 7.29. The highest BCUT2D eigenvalue weighted by Gasteiger charge is 2.23. The van der Waals surface area contributed by atoms with Gasteiger partial charge in [0.15, 0.2) is 5.38 Å². The molecule has 1 heterocycles. The Hall–Kier alpha value is -0.610. The molecule has 0 aliphatic rings. The molecule has 0 aliphatic carbocycles. The minimum Gasteiger partial charge on any atom is -0.350 e. The van der Waals surface area contributed by atoms with Crippen LogP contribution in [0.5, 0.6) is 0 Å². The number of rotatable bonds is 2. The Morgan fingerprint density at radius 1 is 1.50 bits per heavy atom. The molecule has 0 saturated carbocycles. The minimum absolute atomic E-state index is 0.232. The third-order valence-corrected chi connectivity index (χ3v) is 2.63. The van der Waals surface area contributed by atoms with Crippen LogP contribution in [0.1, 0.15) is 31.8 Å². The number of halogens is 2. The zero-order chi connectivity index (χ0) is 12.3. The average molecular weight is 306 g/mol. The van der Waals surface area contributed by atoms with Crippen LogP contribution in [-0.2, 0) is 4.79 Å². The monoisotopic (exact) mass is 304 g/mol. The zero-order valence-electron chi connectivity index (χ0n) is 9.42. The number of nitrogens with one attached hydrogen (secondary N) is 1. The summed E-state index contributed by atoms with van der Waals surface area (Å²) >= 11 is 9.30. The maximum atomic E-state index is 11.7. The summed E-state index contributed by atoms with van der Waals surface area (Å²) in [6, 6.07) is 3.53. The molecule has 1 aromatic heterocycles. The molecule has 88 valence electrons. The topological polar surface area (TPSA) is 42.0 Å². The number of carbonyl (C=O) groups is 1. The highest BCUT2D eigenvalue weighted by atomic mass is 79.9. The van der Waals surface area contributed by atoms with E-state index in [2.05, 4.69) is 26.2 Å². The van der Waals surface area contributed by atoms with Gasteiger partial charge in [0.1, 0.15) is 0 Å². The summed E-state index contributed by atoms with van der Waals surface area (Å²) in [4.78, 5) is 15.8. The highest BCUT2D eigenvalue weighted by Crippen LogP contribution is 2.20. The Bertz CT molecular complexity index is 373. The van der Waals surface area contributed by atoms with Crippen molar-refractivity contribution in [2.75, 3.05) is 0 Å². The van der Waals surface area contributed by atoms with Crippen LogP contribution in [0.25, 0.3) is 0 Å². The van der Waals surface area contributed by atoms with Crippen LogP contribution >= 0.6 is 27.5 Å². The standard InChI is InChI=1S/C11H14BrClN2O/c1-11(2,3)15-10(16)9(13)8-5-4-7(12)6-14-8/h4-6,9H,1-3H3,(H,15,16). The molecule has 3 nitrogen and oxygen atoms in total. The van der Waals surface area contributed by atoms with Gasteiger partial charge >= 0.3 is 0 Å². The van der Waals surface area contributed by atoms with E-state index in [9.17, 15) is 4.79 Å². The van der Waals surface area contributed by atoms with E-state index in [0.29, 0.717) is 5.69 Å². The van der Waals surface area contributed by atoms with E-state index in [1.54, 1.807) is 12.3 Å². The Balaban J connectivity index is 2.74. The van der Waals surface area contributed by atoms with Crippen molar-refractivity contribution in [1.29, 1.82) is 0 Å². The van der Waals surface area contributed by atoms with Crippen LogP contribution in [0.15, 0.2) is 22.8 Å². The van der Waals surface area contributed by atoms with Gasteiger partial charge in [-0.1, -0.05) is 0 Å². The average Bonchev–Trinajstić information content (AvgIpc) is 2.15. The Labute approximate surface area is 109 Å². The molecular formula is C11H14BrClN2O. The lowest BCUT2D eigenvalue weighted by molar-refractivity contribution is -0.122. The Morgan fingerprint density at radius 2 is 2.12 bits per heavy atom. The third kappa shape index (κ3) is 4.10. The van der Waals surface area contributed by atoms with Crippen molar-refractivity contribution in [2.24, 2.45) is 0 Å². The second-order valence-electron chi connectivity index (χ2n) is 4.50. The lowest BCUT2D eigenvalue weighted by atomic mass is 10.1. The highest BCUT2D eigenvalue weighted by molar-refractivity contribution is 9.10. The molecule has 1 unspecified atom stereocenters. The summed E-state index contributed by atoms with van der Waals surface area (Å²) in [6.45, 7) is 5.72. The predicted molar refractivity (Wildman–Crippen MR) is 68.4 cm³/mol. The maximum Gasteiger partial charge on any atom is 0.244 e. The quantitative estimate of drug-likeness (QED) is 0.853. The molecule has 0 aromatic carbocycles. The predicted octanol–water partition coefficient (Wildman–Crippen LogP) is 3.04. The number of carbonyl (C=O) groups excluding carboxylic acids is 1. The number of nitrogens with zero attached hydrogens (tertiary/aromatic N) is 1. The summed E-state index contributed by atoms with van der Waals surface area (Å²) in [5, 5.41) is 2.05. The van der Waals surface area contributed by atoms with Crippen molar-refractivity contribution in [3.05, 3.63) is 28.5 Å². The van der Waals surface area contributed by atoms with E-state index >= 15 is 0 Å². The van der Waals surface area contributed by atoms with E-state index in [0.717, 1.165) is 4.47 Å². The summed E-state index contributed by atoms with van der Waals surface area (Å²) in [6.07, 6.45) is 1.62. The zero-order valence-corrected chi connectivity index (χ0v) is 11.8. The van der Waals surface area contributed by atoms with Gasteiger partial charge < -0.3 is 5.32 Å². The van der Waals surface area contributed by atoms with E-state index < -0.39 is 5.38 Å². The minimum atomic E-state index is -0.757. The van der Waals surface area contributed by atoms with Crippen molar-refractivity contribution >= 4 is 33.4 Å². The number of pyridine rings is 1. The second-order valence-corrected chi connectivity index (χ2v) is 5.86. The molecule has 0 fully saturated rings. The first-order valence-electron chi connectivity index (χ1n) is 4.87. The molecule has 0 radical (unpaired) electrons. The van der Waals surface area contributed by atoms with Crippen molar-refractivity contribution in [2.45, 2.75) is 31.7 Å². The van der Waals surface area contributed by atoms with E-state index in [1.165, 1.54) is 0 Å². The summed E-state index contributed by atoms with van der Waals surface area (Å²) in [5.41, 5.74) is 0.256. The number of amides is 1. The van der Waals surface area contributed by atoms with Crippen molar-refractivity contribution in [3.63, 3.8) is 0 Å². The molecule has 1 amide bonds. The largest absolute Gasteiger partial charge is 0.350 e. The number of hydrogen-bond donors (Lipinski definition) is 1. The SMILES string of the molecule is CC(C)(C)NC(=O)C(Cl)c1ccc(Br)cn1. The molecule has 1 atom stereocenters. The Morgan fingerprint density at radius 3 is 2.56 bits per heavy atom. The van der Waals surface area contributed by atoms with Gasteiger partial charge in [0.05, 0.1) is 5.69 Å². The van der Waals surface area contributed by atoms with Gasteiger partial charge in [0.25, 0.3) is 0 Å². The number of aromatic nitrogens is 1. The molecule has 5 heteroatoms. The summed E-state index contributed by atoms with van der Waals surface area (Å²) < 4.78 is 0.858. The molecule has 0 bridgehead atoms. The van der Waals surface area contributed by atoms with Crippen LogP contribution in [0.2, 0.25) is 0 Å². The van der Waals surface area contributed by atoms with Crippen molar-refractivity contribution in [1.82, 2.24) is 10.3 Å². The summed E-state index contributed by atoms with van der Waals surface area (Å²) in [7, 11) is 0. The van der Waals surface area contributed by atoms with Crippen LogP contribution < -0.4 is 5.32 Å². The number of alkyl halides is 1. The molecule has 1 rings (SSSR count). The van der Waals surface area contributed by atoms with Gasteiger partial charge in [-0.15, -0.1) is 11.6 Å². The lowest BCUT2D eigenvalue weighted by Crippen LogP contribution is -2.42. The van der Waals surface area contributed by atoms with Crippen molar-refractivity contribution < 1.29 is 4.79 Å². The van der Waals surface area contributed by atoms with Crippen LogP contribution in [0.3, 0.4) is 0 Å². The molecule has 0 aliphatic heterocycles. The smallest absolute Gasteiger partial charge is 0.244 e. The van der Waals surface area contributed by atoms with Gasteiger partial charge in [0.2, 0.25) is 5.91 Å². The molecule has 0 spiro atoms. The van der Waals surface area contributed by atoms with Gasteiger partial charge in [0, 0.05) is 16.2 Å². The second kappa shape index (κ2) is 5.15. The Kier molecular flexibility index (Phi) is 4.33. The first-order valence-corrected chi connectivity index (χ1v) is 6.10. The van der Waals surface area contributed by atoms with Gasteiger partial charge in [-0.2, -0.15) is 0 Å². The van der Waals surface area contributed by atoms with Crippen molar-refractivity contribution in [3.8, 4) is 0 Å². The van der Waals surface area contributed by atoms with Gasteiger partial charge in [-0.25, -0.2) is 0 Å². The molecule has 0 saturated heterocycles. The van der Waals surface area contributed by atoms with Crippen LogP contribution in [0.4, 0.5) is 0 Å². The van der Waals surface area contributed by atoms with E-state index in [4.69, 9.17) is 11.6 Å². The maximum absolute atomic E-state index is 11.7. The van der Waals surface area contributed by atoms with Crippen LogP contribution in [-0.4, -0.2) is 16.4 Å². The normalized spacial score (nSPS) is 13.3. The molecular weight excluding hydrogens is 291 g/mol. The van der Waals surface area contributed by atoms with E-state index in [-0.39, 0.29) is 11.4 Å². The van der Waals surface area contributed by atoms with Crippen LogP contribution in [0, 0.1) is 0 Å². The van der Waals surface area contributed by atoms with Gasteiger partial charge in [-0.3, -0.25) is 9.78 Å². The van der Waals surface area contributed by atoms with E-state index in [1.807, 2.05) is 26.8 Å².